The van der Waals surface area contributed by atoms with Crippen LogP contribution in [0.3, 0.4) is 0 Å². The molecule has 3 rings (SSSR count). The highest BCUT2D eigenvalue weighted by atomic mass is 16.6. The van der Waals surface area contributed by atoms with Gasteiger partial charge in [-0.2, -0.15) is 0 Å². The summed E-state index contributed by atoms with van der Waals surface area (Å²) in [5.41, 5.74) is -1.49. The minimum Gasteiger partial charge on any atom is -0.443 e. The van der Waals surface area contributed by atoms with E-state index in [4.69, 9.17) is 9.47 Å². The van der Waals surface area contributed by atoms with Crippen LogP contribution < -0.4 is 0 Å². The summed E-state index contributed by atoms with van der Waals surface area (Å²) in [5.74, 6) is -0.133. The molecule has 3 heterocycles. The lowest BCUT2D eigenvalue weighted by Crippen LogP contribution is -2.51. The van der Waals surface area contributed by atoms with Gasteiger partial charge >= 0.3 is 6.09 Å². The number of carbonyl (C=O) groups excluding carboxylic acids is 2. The van der Waals surface area contributed by atoms with Crippen LogP contribution >= 0.6 is 0 Å². The minimum absolute atomic E-state index is 0.0352. The van der Waals surface area contributed by atoms with Crippen molar-refractivity contribution in [2.75, 3.05) is 0 Å². The maximum atomic E-state index is 12.2. The van der Waals surface area contributed by atoms with Crippen LogP contribution in [0.5, 0.6) is 0 Å². The number of ether oxygens (including phenoxy) is 2. The predicted molar refractivity (Wildman–Crippen MR) is 62.5 cm³/mol. The first-order chi connectivity index (χ1) is 8.32. The van der Waals surface area contributed by atoms with Gasteiger partial charge in [-0.3, -0.25) is 4.79 Å². The molecule has 0 aromatic rings. The number of imide groups is 1. The van der Waals surface area contributed by atoms with Gasteiger partial charge in [0.2, 0.25) is 5.91 Å². The van der Waals surface area contributed by atoms with Crippen molar-refractivity contribution in [2.45, 2.75) is 51.0 Å². The Morgan fingerprint density at radius 1 is 1.56 bits per heavy atom. The normalized spacial score (nSPS) is 37.3. The lowest BCUT2D eigenvalue weighted by atomic mass is 9.90. The van der Waals surface area contributed by atoms with Gasteiger partial charge in [-0.1, -0.05) is 6.08 Å². The average molecular weight is 251 g/mol. The van der Waals surface area contributed by atoms with Crippen LogP contribution in [0.1, 0.15) is 33.6 Å². The van der Waals surface area contributed by atoms with E-state index < -0.39 is 17.4 Å². The fourth-order valence-corrected chi connectivity index (χ4v) is 2.96. The zero-order chi connectivity index (χ0) is 13.1. The van der Waals surface area contributed by atoms with Crippen LogP contribution in [0.2, 0.25) is 0 Å². The van der Waals surface area contributed by atoms with Gasteiger partial charge in [0.1, 0.15) is 5.60 Å². The van der Waals surface area contributed by atoms with Gasteiger partial charge in [0.15, 0.2) is 5.72 Å². The Kier molecular flexibility index (Phi) is 2.18. The van der Waals surface area contributed by atoms with Crippen LogP contribution in [0, 0.1) is 5.92 Å². The number of nitrogens with zero attached hydrogens (tertiary/aromatic N) is 1. The van der Waals surface area contributed by atoms with Gasteiger partial charge < -0.3 is 9.47 Å². The third-order valence-corrected chi connectivity index (χ3v) is 3.59. The van der Waals surface area contributed by atoms with Gasteiger partial charge in [0.05, 0.1) is 6.10 Å². The highest BCUT2D eigenvalue weighted by Crippen LogP contribution is 2.51. The second-order valence-electron chi connectivity index (χ2n) is 6.11. The van der Waals surface area contributed by atoms with Crippen molar-refractivity contribution in [1.29, 1.82) is 0 Å². The zero-order valence-corrected chi connectivity index (χ0v) is 10.8. The summed E-state index contributed by atoms with van der Waals surface area (Å²) in [7, 11) is 0. The highest BCUT2D eigenvalue weighted by Gasteiger charge is 2.63. The third-order valence-electron chi connectivity index (χ3n) is 3.59. The van der Waals surface area contributed by atoms with Crippen LogP contribution in [0.15, 0.2) is 12.2 Å². The Morgan fingerprint density at radius 3 is 2.89 bits per heavy atom. The molecule has 5 heteroatoms. The van der Waals surface area contributed by atoms with Crippen molar-refractivity contribution in [3.05, 3.63) is 12.2 Å². The summed E-state index contributed by atoms with van der Waals surface area (Å²) in [6.07, 6.45) is 4.35. The second-order valence-corrected chi connectivity index (χ2v) is 6.11. The standard InChI is InChI=1S/C13H17NO4/c1-12(2,3)18-11(16)14-10(15)7-8-6-9-4-5-13(8,14)17-9/h4-5,8-9H,6-7H2,1-3H3. The molecule has 3 atom stereocenters. The fourth-order valence-electron chi connectivity index (χ4n) is 2.96. The lowest BCUT2D eigenvalue weighted by Gasteiger charge is -2.33. The highest BCUT2D eigenvalue weighted by molar-refractivity contribution is 5.96. The van der Waals surface area contributed by atoms with Crippen molar-refractivity contribution >= 4 is 12.0 Å². The predicted octanol–water partition coefficient (Wildman–Crippen LogP) is 1.82. The third kappa shape index (κ3) is 1.50. The summed E-state index contributed by atoms with van der Waals surface area (Å²) in [5, 5.41) is 0. The quantitative estimate of drug-likeness (QED) is 0.616. The number of amides is 2. The minimum atomic E-state index is -0.871. The summed E-state index contributed by atoms with van der Waals surface area (Å²) < 4.78 is 11.1. The van der Waals surface area contributed by atoms with E-state index in [2.05, 4.69) is 0 Å². The Labute approximate surface area is 106 Å². The molecule has 0 aromatic heterocycles. The molecule has 1 spiro atoms. The van der Waals surface area contributed by atoms with E-state index in [0.29, 0.717) is 6.42 Å². The van der Waals surface area contributed by atoms with Crippen molar-refractivity contribution < 1.29 is 19.1 Å². The first kappa shape index (κ1) is 11.7. The van der Waals surface area contributed by atoms with Crippen LogP contribution in [0.25, 0.3) is 0 Å². The van der Waals surface area contributed by atoms with E-state index in [9.17, 15) is 9.59 Å². The molecule has 0 N–H and O–H groups in total. The average Bonchev–Trinajstić information content (AvgIpc) is 2.78. The van der Waals surface area contributed by atoms with E-state index in [1.807, 2.05) is 12.2 Å². The van der Waals surface area contributed by atoms with Crippen LogP contribution in [-0.4, -0.2) is 34.3 Å². The molecule has 2 amide bonds. The van der Waals surface area contributed by atoms with Crippen molar-refractivity contribution in [2.24, 2.45) is 5.92 Å². The van der Waals surface area contributed by atoms with Gasteiger partial charge in [-0.25, -0.2) is 9.69 Å². The number of rotatable bonds is 0. The molecule has 3 aliphatic heterocycles. The Bertz CT molecular complexity index is 450. The summed E-state index contributed by atoms with van der Waals surface area (Å²) in [6, 6.07) is 0. The van der Waals surface area contributed by atoms with Gasteiger partial charge in [0, 0.05) is 12.3 Å². The van der Waals surface area contributed by atoms with E-state index in [1.54, 1.807) is 20.8 Å². The molecular formula is C13H17NO4. The largest absolute Gasteiger partial charge is 0.443 e. The van der Waals surface area contributed by atoms with Crippen molar-refractivity contribution in [3.8, 4) is 0 Å². The number of carbonyl (C=O) groups is 2. The number of hydrogen-bond acceptors (Lipinski definition) is 4. The molecule has 5 nitrogen and oxygen atoms in total. The molecule has 2 bridgehead atoms. The maximum Gasteiger partial charge on any atom is 0.419 e. The molecule has 2 fully saturated rings. The molecule has 0 aromatic carbocycles. The number of likely N-dealkylation sites (tertiary alicyclic amines) is 1. The van der Waals surface area contributed by atoms with Crippen molar-refractivity contribution in [1.82, 2.24) is 4.90 Å². The molecular weight excluding hydrogens is 234 g/mol. The molecule has 0 saturated carbocycles. The monoisotopic (exact) mass is 251 g/mol. The van der Waals surface area contributed by atoms with Gasteiger partial charge in [-0.05, 0) is 33.3 Å². The van der Waals surface area contributed by atoms with Crippen molar-refractivity contribution in [3.63, 3.8) is 0 Å². The van der Waals surface area contributed by atoms with Gasteiger partial charge in [0.25, 0.3) is 0 Å². The lowest BCUT2D eigenvalue weighted by molar-refractivity contribution is -0.141. The summed E-state index contributed by atoms with van der Waals surface area (Å²) in [4.78, 5) is 25.3. The van der Waals surface area contributed by atoms with E-state index in [-0.39, 0.29) is 17.9 Å². The molecule has 3 aliphatic rings. The molecule has 0 radical (unpaired) electrons. The van der Waals surface area contributed by atoms with E-state index >= 15 is 0 Å². The smallest absolute Gasteiger partial charge is 0.419 e. The van der Waals surface area contributed by atoms with Crippen LogP contribution in [0.4, 0.5) is 4.79 Å². The Hall–Kier alpha value is -1.36. The summed E-state index contributed by atoms with van der Waals surface area (Å²) in [6.45, 7) is 5.34. The molecule has 18 heavy (non-hydrogen) atoms. The zero-order valence-electron chi connectivity index (χ0n) is 10.8. The van der Waals surface area contributed by atoms with Gasteiger partial charge in [-0.15, -0.1) is 0 Å². The first-order valence-electron chi connectivity index (χ1n) is 6.25. The maximum absolute atomic E-state index is 12.2. The molecule has 0 aliphatic carbocycles. The summed E-state index contributed by atoms with van der Waals surface area (Å²) >= 11 is 0. The van der Waals surface area contributed by atoms with Crippen LogP contribution in [-0.2, 0) is 14.3 Å². The topological polar surface area (TPSA) is 55.8 Å². The molecule has 2 saturated heterocycles. The van der Waals surface area contributed by atoms with E-state index in [0.717, 1.165) is 11.3 Å². The number of hydrogen-bond donors (Lipinski definition) is 0. The van der Waals surface area contributed by atoms with E-state index in [1.165, 1.54) is 0 Å². The Balaban J connectivity index is 1.89. The molecule has 98 valence electrons. The fraction of sp³-hybridized carbons (Fsp3) is 0.692. The number of fused-ring (bicyclic) bond motifs is 1. The molecule has 3 unspecified atom stereocenters. The second kappa shape index (κ2) is 3.35. The SMILES string of the molecule is CC(C)(C)OC(=O)N1C(=O)CC2CC3C=CC21O3. The first-order valence-corrected chi connectivity index (χ1v) is 6.25. The Morgan fingerprint density at radius 2 is 2.28 bits per heavy atom.